The molecule has 2 aromatic carbocycles. The van der Waals surface area contributed by atoms with E-state index < -0.39 is 0 Å². The van der Waals surface area contributed by atoms with Crippen molar-refractivity contribution in [2.45, 2.75) is 38.1 Å². The lowest BCUT2D eigenvalue weighted by Gasteiger charge is -2.23. The zero-order valence-corrected chi connectivity index (χ0v) is 13.0. The van der Waals surface area contributed by atoms with E-state index in [1.807, 2.05) is 18.2 Å². The molecule has 2 N–H and O–H groups in total. The average molecular weight is 296 g/mol. The number of piperidine rings is 1. The molecule has 0 aromatic heterocycles. The molecule has 1 heterocycles. The van der Waals surface area contributed by atoms with Crippen LogP contribution >= 0.6 is 0 Å². The maximum absolute atomic E-state index is 12.1. The molecular weight excluding hydrogens is 272 g/mol. The molecule has 1 aliphatic heterocycles. The van der Waals surface area contributed by atoms with E-state index in [0.717, 1.165) is 25.1 Å². The van der Waals surface area contributed by atoms with Crippen LogP contribution in [-0.4, -0.2) is 25.0 Å². The molecule has 0 bridgehead atoms. The van der Waals surface area contributed by atoms with Gasteiger partial charge in [-0.3, -0.25) is 4.79 Å². The summed E-state index contributed by atoms with van der Waals surface area (Å²) in [6.07, 6.45) is 5.32. The van der Waals surface area contributed by atoms with Crippen molar-refractivity contribution in [3.8, 4) is 0 Å². The van der Waals surface area contributed by atoms with Crippen LogP contribution in [0.25, 0.3) is 10.8 Å². The van der Waals surface area contributed by atoms with Gasteiger partial charge in [-0.2, -0.15) is 0 Å². The minimum absolute atomic E-state index is 0.117. The van der Waals surface area contributed by atoms with Gasteiger partial charge in [0.15, 0.2) is 0 Å². The Morgan fingerprint density at radius 1 is 1.14 bits per heavy atom. The van der Waals surface area contributed by atoms with Crippen molar-refractivity contribution < 1.29 is 4.79 Å². The Labute approximate surface area is 132 Å². The maximum atomic E-state index is 12.1. The number of fused-ring (bicyclic) bond motifs is 1. The van der Waals surface area contributed by atoms with E-state index in [4.69, 9.17) is 0 Å². The molecular formula is C19H24N2O. The van der Waals surface area contributed by atoms with Crippen LogP contribution in [0.5, 0.6) is 0 Å². The molecule has 3 rings (SSSR count). The van der Waals surface area contributed by atoms with E-state index in [9.17, 15) is 4.79 Å². The van der Waals surface area contributed by atoms with Gasteiger partial charge in [0.05, 0.1) is 6.42 Å². The summed E-state index contributed by atoms with van der Waals surface area (Å²) in [4.78, 5) is 12.1. The van der Waals surface area contributed by atoms with Crippen LogP contribution in [0.15, 0.2) is 42.5 Å². The molecule has 0 spiro atoms. The molecule has 1 saturated heterocycles. The fraction of sp³-hybridized carbons (Fsp3) is 0.421. The Morgan fingerprint density at radius 3 is 2.82 bits per heavy atom. The van der Waals surface area contributed by atoms with Gasteiger partial charge in [-0.1, -0.05) is 48.9 Å². The Kier molecular flexibility index (Phi) is 5.07. The smallest absolute Gasteiger partial charge is 0.224 e. The van der Waals surface area contributed by atoms with Gasteiger partial charge in [0.1, 0.15) is 0 Å². The monoisotopic (exact) mass is 296 g/mol. The highest BCUT2D eigenvalue weighted by atomic mass is 16.1. The Morgan fingerprint density at radius 2 is 2.00 bits per heavy atom. The molecule has 0 saturated carbocycles. The van der Waals surface area contributed by atoms with Gasteiger partial charge in [-0.05, 0) is 42.1 Å². The summed E-state index contributed by atoms with van der Waals surface area (Å²) in [5, 5.41) is 8.97. The highest BCUT2D eigenvalue weighted by molar-refractivity contribution is 5.85. The van der Waals surface area contributed by atoms with Gasteiger partial charge in [0, 0.05) is 12.6 Å². The second kappa shape index (κ2) is 7.41. The fourth-order valence-electron chi connectivity index (χ4n) is 3.15. The van der Waals surface area contributed by atoms with Crippen molar-refractivity contribution in [1.29, 1.82) is 0 Å². The van der Waals surface area contributed by atoms with E-state index in [2.05, 4.69) is 34.9 Å². The highest BCUT2D eigenvalue weighted by Gasteiger charge is 2.12. The lowest BCUT2D eigenvalue weighted by molar-refractivity contribution is -0.120. The Balaban J connectivity index is 1.47. The predicted octanol–water partition coefficient (Wildman–Crippen LogP) is 3.03. The third-order valence-electron chi connectivity index (χ3n) is 4.41. The van der Waals surface area contributed by atoms with Gasteiger partial charge < -0.3 is 10.6 Å². The third-order valence-corrected chi connectivity index (χ3v) is 4.41. The van der Waals surface area contributed by atoms with Crippen LogP contribution in [0.1, 0.15) is 31.2 Å². The van der Waals surface area contributed by atoms with E-state index in [-0.39, 0.29) is 5.91 Å². The summed E-state index contributed by atoms with van der Waals surface area (Å²) in [7, 11) is 0. The average Bonchev–Trinajstić information content (AvgIpc) is 2.56. The molecule has 3 heteroatoms. The molecule has 1 fully saturated rings. The molecule has 22 heavy (non-hydrogen) atoms. The zero-order chi connectivity index (χ0) is 15.2. The van der Waals surface area contributed by atoms with Crippen LogP contribution in [0.2, 0.25) is 0 Å². The predicted molar refractivity (Wildman–Crippen MR) is 90.9 cm³/mol. The highest BCUT2D eigenvalue weighted by Crippen LogP contribution is 2.16. The summed E-state index contributed by atoms with van der Waals surface area (Å²) in [6, 6.07) is 15.1. The van der Waals surface area contributed by atoms with Gasteiger partial charge in [-0.15, -0.1) is 0 Å². The Hall–Kier alpha value is -1.87. The van der Waals surface area contributed by atoms with Gasteiger partial charge >= 0.3 is 0 Å². The lowest BCUT2D eigenvalue weighted by atomic mass is 10.0. The van der Waals surface area contributed by atoms with Crippen molar-refractivity contribution in [1.82, 2.24) is 10.6 Å². The van der Waals surface area contributed by atoms with Crippen LogP contribution in [0.3, 0.4) is 0 Å². The number of carbonyl (C=O) groups excluding carboxylic acids is 1. The summed E-state index contributed by atoms with van der Waals surface area (Å²) < 4.78 is 0. The molecule has 0 radical (unpaired) electrons. The SMILES string of the molecule is O=C(Cc1ccc2ccccc2c1)NCCC1CCCCN1. The summed E-state index contributed by atoms with van der Waals surface area (Å²) in [5.41, 5.74) is 1.08. The zero-order valence-electron chi connectivity index (χ0n) is 13.0. The summed E-state index contributed by atoms with van der Waals surface area (Å²) >= 11 is 0. The van der Waals surface area contributed by atoms with Crippen molar-refractivity contribution in [3.05, 3.63) is 48.0 Å². The Bertz CT molecular complexity index is 632. The minimum Gasteiger partial charge on any atom is -0.356 e. The van der Waals surface area contributed by atoms with Crippen molar-refractivity contribution in [2.24, 2.45) is 0 Å². The molecule has 1 atom stereocenters. The number of rotatable bonds is 5. The number of hydrogen-bond donors (Lipinski definition) is 2. The topological polar surface area (TPSA) is 41.1 Å². The summed E-state index contributed by atoms with van der Waals surface area (Å²) in [6.45, 7) is 1.89. The first-order chi connectivity index (χ1) is 10.8. The lowest BCUT2D eigenvalue weighted by Crippen LogP contribution is -2.37. The first-order valence-corrected chi connectivity index (χ1v) is 8.29. The maximum Gasteiger partial charge on any atom is 0.224 e. The van der Waals surface area contributed by atoms with Crippen LogP contribution in [0, 0.1) is 0 Å². The first-order valence-electron chi connectivity index (χ1n) is 8.29. The van der Waals surface area contributed by atoms with E-state index in [1.54, 1.807) is 0 Å². The van der Waals surface area contributed by atoms with Crippen molar-refractivity contribution in [2.75, 3.05) is 13.1 Å². The van der Waals surface area contributed by atoms with E-state index in [1.165, 1.54) is 30.0 Å². The molecule has 1 unspecified atom stereocenters. The molecule has 1 amide bonds. The summed E-state index contributed by atoms with van der Waals surface area (Å²) in [5.74, 6) is 0.117. The molecule has 116 valence electrons. The minimum atomic E-state index is 0.117. The van der Waals surface area contributed by atoms with Gasteiger partial charge in [0.25, 0.3) is 0 Å². The van der Waals surface area contributed by atoms with Crippen LogP contribution < -0.4 is 10.6 Å². The normalized spacial score (nSPS) is 18.3. The number of hydrogen-bond acceptors (Lipinski definition) is 2. The fourth-order valence-corrected chi connectivity index (χ4v) is 3.15. The largest absolute Gasteiger partial charge is 0.356 e. The number of amides is 1. The van der Waals surface area contributed by atoms with Crippen molar-refractivity contribution >= 4 is 16.7 Å². The third kappa shape index (κ3) is 4.08. The second-order valence-electron chi connectivity index (χ2n) is 6.14. The van der Waals surface area contributed by atoms with Crippen molar-refractivity contribution in [3.63, 3.8) is 0 Å². The number of carbonyl (C=O) groups is 1. The molecule has 1 aliphatic rings. The van der Waals surface area contributed by atoms with Gasteiger partial charge in [0.2, 0.25) is 5.91 Å². The molecule has 2 aromatic rings. The van der Waals surface area contributed by atoms with E-state index in [0.29, 0.717) is 12.5 Å². The van der Waals surface area contributed by atoms with Crippen LogP contribution in [0.4, 0.5) is 0 Å². The molecule has 0 aliphatic carbocycles. The van der Waals surface area contributed by atoms with E-state index >= 15 is 0 Å². The quantitative estimate of drug-likeness (QED) is 0.890. The first kappa shape index (κ1) is 15.0. The number of nitrogens with one attached hydrogen (secondary N) is 2. The van der Waals surface area contributed by atoms with Gasteiger partial charge in [-0.25, -0.2) is 0 Å². The second-order valence-corrected chi connectivity index (χ2v) is 6.14. The number of benzene rings is 2. The van der Waals surface area contributed by atoms with Crippen LogP contribution in [-0.2, 0) is 11.2 Å². The molecule has 3 nitrogen and oxygen atoms in total. The standard InChI is InChI=1S/C19H24N2O/c22-19(21-12-10-18-7-3-4-11-20-18)14-15-8-9-16-5-1-2-6-17(16)13-15/h1-2,5-6,8-9,13,18,20H,3-4,7,10-12,14H2,(H,21,22).